The third kappa shape index (κ3) is 7.43. The first kappa shape index (κ1) is 20.6. The van der Waals surface area contributed by atoms with Gasteiger partial charge in [0.2, 0.25) is 0 Å². The number of aliphatic hydroxyl groups excluding tert-OH is 3. The minimum atomic E-state index is -0.686. The summed E-state index contributed by atoms with van der Waals surface area (Å²) in [5.41, 5.74) is 0.975. The maximum absolute atomic E-state index is 9.37. The molecule has 1 aromatic rings. The molecule has 2 atom stereocenters. The van der Waals surface area contributed by atoms with E-state index in [4.69, 9.17) is 29.2 Å². The number of anilines is 1. The van der Waals surface area contributed by atoms with Gasteiger partial charge in [0.25, 0.3) is 0 Å². The number of benzene rings is 1. The molecule has 0 fully saturated rings. The third-order valence-corrected chi connectivity index (χ3v) is 3.40. The SMILES string of the molecule is CNc1ccc(OCOC(CO)C(C)OCOC(CO)CO)cc1. The van der Waals surface area contributed by atoms with Gasteiger partial charge in [-0.15, -0.1) is 0 Å². The Morgan fingerprint density at radius 2 is 1.58 bits per heavy atom. The quantitative estimate of drug-likeness (QED) is 0.375. The highest BCUT2D eigenvalue weighted by Crippen LogP contribution is 2.15. The summed E-state index contributed by atoms with van der Waals surface area (Å²) >= 11 is 0. The number of hydrogen-bond acceptors (Lipinski definition) is 8. The summed E-state index contributed by atoms with van der Waals surface area (Å²) in [6.07, 6.45) is -1.73. The fourth-order valence-corrected chi connectivity index (χ4v) is 1.76. The fourth-order valence-electron chi connectivity index (χ4n) is 1.76. The van der Waals surface area contributed by atoms with Crippen LogP contribution in [0.1, 0.15) is 6.92 Å². The molecule has 0 radical (unpaired) electrons. The molecule has 2 unspecified atom stereocenters. The molecule has 0 saturated heterocycles. The molecular weight excluding hydrogens is 318 g/mol. The lowest BCUT2D eigenvalue weighted by atomic mass is 10.2. The van der Waals surface area contributed by atoms with Crippen molar-refractivity contribution in [1.29, 1.82) is 0 Å². The zero-order chi connectivity index (χ0) is 17.8. The Morgan fingerprint density at radius 3 is 2.12 bits per heavy atom. The molecule has 8 heteroatoms. The molecule has 0 bridgehead atoms. The van der Waals surface area contributed by atoms with Crippen LogP contribution in [0.15, 0.2) is 24.3 Å². The van der Waals surface area contributed by atoms with Crippen LogP contribution in [0.2, 0.25) is 0 Å². The molecule has 138 valence electrons. The Morgan fingerprint density at radius 1 is 0.917 bits per heavy atom. The predicted octanol–water partition coefficient (Wildman–Crippen LogP) is 0.174. The van der Waals surface area contributed by atoms with E-state index in [2.05, 4.69) is 5.32 Å². The van der Waals surface area contributed by atoms with Gasteiger partial charge in [-0.05, 0) is 31.2 Å². The summed E-state index contributed by atoms with van der Waals surface area (Å²) in [5, 5.41) is 30.1. The van der Waals surface area contributed by atoms with Crippen LogP contribution in [0.4, 0.5) is 5.69 Å². The second-order valence-corrected chi connectivity index (χ2v) is 5.07. The molecule has 0 aliphatic heterocycles. The van der Waals surface area contributed by atoms with Crippen LogP contribution >= 0.6 is 0 Å². The normalized spacial score (nSPS) is 13.8. The van der Waals surface area contributed by atoms with Gasteiger partial charge in [-0.3, -0.25) is 0 Å². The molecule has 24 heavy (non-hydrogen) atoms. The molecule has 1 rings (SSSR count). The molecule has 0 saturated carbocycles. The van der Waals surface area contributed by atoms with E-state index in [1.54, 1.807) is 19.1 Å². The van der Waals surface area contributed by atoms with Crippen LogP contribution < -0.4 is 10.1 Å². The number of ether oxygens (including phenoxy) is 4. The lowest BCUT2D eigenvalue weighted by Crippen LogP contribution is -2.35. The van der Waals surface area contributed by atoms with Gasteiger partial charge < -0.3 is 39.6 Å². The first-order valence-corrected chi connectivity index (χ1v) is 7.72. The zero-order valence-corrected chi connectivity index (χ0v) is 14.1. The van der Waals surface area contributed by atoms with Gasteiger partial charge in [-0.2, -0.15) is 0 Å². The van der Waals surface area contributed by atoms with Crippen molar-refractivity contribution in [3.8, 4) is 5.75 Å². The molecule has 0 spiro atoms. The zero-order valence-electron chi connectivity index (χ0n) is 14.1. The van der Waals surface area contributed by atoms with E-state index in [-0.39, 0.29) is 33.4 Å². The van der Waals surface area contributed by atoms with Crippen molar-refractivity contribution in [3.63, 3.8) is 0 Å². The van der Waals surface area contributed by atoms with E-state index >= 15 is 0 Å². The van der Waals surface area contributed by atoms with E-state index in [9.17, 15) is 5.11 Å². The van der Waals surface area contributed by atoms with Gasteiger partial charge in [0, 0.05) is 12.7 Å². The van der Waals surface area contributed by atoms with Crippen LogP contribution in [0.25, 0.3) is 0 Å². The van der Waals surface area contributed by atoms with Crippen LogP contribution in [-0.4, -0.2) is 74.1 Å². The minimum absolute atomic E-state index is 0.0331. The lowest BCUT2D eigenvalue weighted by molar-refractivity contribution is -0.177. The average Bonchev–Trinajstić information content (AvgIpc) is 2.62. The topological polar surface area (TPSA) is 110 Å². The van der Waals surface area contributed by atoms with Crippen molar-refractivity contribution in [2.75, 3.05) is 45.8 Å². The summed E-state index contributed by atoms with van der Waals surface area (Å²) in [6, 6.07) is 7.36. The summed E-state index contributed by atoms with van der Waals surface area (Å²) < 4.78 is 21.4. The highest BCUT2D eigenvalue weighted by Gasteiger charge is 2.19. The highest BCUT2D eigenvalue weighted by atomic mass is 16.7. The monoisotopic (exact) mass is 345 g/mol. The highest BCUT2D eigenvalue weighted by molar-refractivity contribution is 5.45. The van der Waals surface area contributed by atoms with E-state index in [1.165, 1.54) is 0 Å². The summed E-state index contributed by atoms with van der Waals surface area (Å²) in [5.74, 6) is 0.649. The number of rotatable bonds is 13. The van der Waals surface area contributed by atoms with Crippen molar-refractivity contribution in [2.45, 2.75) is 25.2 Å². The third-order valence-electron chi connectivity index (χ3n) is 3.40. The van der Waals surface area contributed by atoms with Gasteiger partial charge in [-0.25, -0.2) is 0 Å². The number of hydrogen-bond donors (Lipinski definition) is 4. The standard InChI is InChI=1S/C16H27NO7/c1-12(21-10-23-15(7-18)8-19)16(9-20)24-11-22-14-5-3-13(17-2)4-6-14/h3-6,12,15-20H,7-11H2,1-2H3. The van der Waals surface area contributed by atoms with E-state index < -0.39 is 18.3 Å². The second-order valence-electron chi connectivity index (χ2n) is 5.07. The molecule has 8 nitrogen and oxygen atoms in total. The minimum Gasteiger partial charge on any atom is -0.468 e. The van der Waals surface area contributed by atoms with E-state index in [0.29, 0.717) is 5.75 Å². The molecule has 0 aromatic heterocycles. The van der Waals surface area contributed by atoms with Gasteiger partial charge in [0.15, 0.2) is 6.79 Å². The van der Waals surface area contributed by atoms with Gasteiger partial charge in [-0.1, -0.05) is 0 Å². The summed E-state index contributed by atoms with van der Waals surface area (Å²) in [4.78, 5) is 0. The van der Waals surface area contributed by atoms with Gasteiger partial charge in [0.1, 0.15) is 24.8 Å². The first-order valence-electron chi connectivity index (χ1n) is 7.72. The Labute approximate surface area is 141 Å². The molecule has 0 amide bonds. The Hall–Kier alpha value is -1.42. The molecular formula is C16H27NO7. The van der Waals surface area contributed by atoms with Crippen molar-refractivity contribution >= 4 is 5.69 Å². The fraction of sp³-hybridized carbons (Fsp3) is 0.625. The second kappa shape index (κ2) is 12.0. The van der Waals surface area contributed by atoms with Crippen molar-refractivity contribution < 1.29 is 34.3 Å². The maximum Gasteiger partial charge on any atom is 0.189 e. The molecule has 0 heterocycles. The predicted molar refractivity (Wildman–Crippen MR) is 87.9 cm³/mol. The molecule has 1 aromatic carbocycles. The van der Waals surface area contributed by atoms with Crippen LogP contribution in [-0.2, 0) is 14.2 Å². The van der Waals surface area contributed by atoms with Gasteiger partial charge in [0.05, 0.1) is 25.9 Å². The van der Waals surface area contributed by atoms with Crippen molar-refractivity contribution in [3.05, 3.63) is 24.3 Å². The molecule has 4 N–H and O–H groups in total. The summed E-state index contributed by atoms with van der Waals surface area (Å²) in [7, 11) is 1.83. The number of nitrogens with one attached hydrogen (secondary N) is 1. The Balaban J connectivity index is 2.29. The average molecular weight is 345 g/mol. The van der Waals surface area contributed by atoms with Crippen LogP contribution in [0.5, 0.6) is 5.75 Å². The van der Waals surface area contributed by atoms with Crippen molar-refractivity contribution in [1.82, 2.24) is 0 Å². The lowest BCUT2D eigenvalue weighted by Gasteiger charge is -2.23. The van der Waals surface area contributed by atoms with Crippen LogP contribution in [0, 0.1) is 0 Å². The Bertz CT molecular complexity index is 425. The first-order chi connectivity index (χ1) is 11.6. The Kier molecular flexibility index (Phi) is 10.3. The van der Waals surface area contributed by atoms with E-state index in [0.717, 1.165) is 5.69 Å². The molecule has 0 aliphatic rings. The largest absolute Gasteiger partial charge is 0.468 e. The van der Waals surface area contributed by atoms with Gasteiger partial charge >= 0.3 is 0 Å². The molecule has 0 aliphatic carbocycles. The van der Waals surface area contributed by atoms with Crippen molar-refractivity contribution in [2.24, 2.45) is 0 Å². The smallest absolute Gasteiger partial charge is 0.189 e. The van der Waals surface area contributed by atoms with E-state index in [1.807, 2.05) is 19.2 Å². The van der Waals surface area contributed by atoms with Crippen LogP contribution in [0.3, 0.4) is 0 Å². The summed E-state index contributed by atoms with van der Waals surface area (Å²) in [6.45, 7) is 0.724. The number of aliphatic hydroxyl groups is 3. The maximum atomic E-state index is 9.37.